The summed E-state index contributed by atoms with van der Waals surface area (Å²) in [6.07, 6.45) is 9.67. The topological polar surface area (TPSA) is 60.5 Å². The molecule has 1 fully saturated rings. The molecule has 1 heterocycles. The SMILES string of the molecule is COc1cccc(C(CC2CC2)(C(=O)NCCCCc2cccnc2)c2cccc(OC)c2)c1. The number of nitrogens with one attached hydrogen (secondary N) is 1. The maximum absolute atomic E-state index is 14.1. The fraction of sp³-hybridized carbons (Fsp3) is 0.379. The van der Waals surface area contributed by atoms with Gasteiger partial charge in [0.15, 0.2) is 0 Å². The second kappa shape index (κ2) is 11.2. The van der Waals surface area contributed by atoms with Crippen molar-refractivity contribution in [3.05, 3.63) is 89.7 Å². The molecular weight excluding hydrogens is 424 g/mol. The van der Waals surface area contributed by atoms with Gasteiger partial charge in [-0.25, -0.2) is 0 Å². The van der Waals surface area contributed by atoms with Crippen LogP contribution in [0.2, 0.25) is 0 Å². The molecule has 1 aliphatic rings. The van der Waals surface area contributed by atoms with Gasteiger partial charge in [-0.05, 0) is 78.6 Å². The van der Waals surface area contributed by atoms with E-state index >= 15 is 0 Å². The molecule has 0 atom stereocenters. The van der Waals surface area contributed by atoms with E-state index in [1.54, 1.807) is 20.4 Å². The Balaban J connectivity index is 1.59. The zero-order valence-corrected chi connectivity index (χ0v) is 20.1. The molecule has 34 heavy (non-hydrogen) atoms. The van der Waals surface area contributed by atoms with Crippen LogP contribution in [0.1, 0.15) is 48.8 Å². The molecular formula is C29H34N2O3. The minimum atomic E-state index is -0.798. The molecule has 1 aliphatic carbocycles. The van der Waals surface area contributed by atoms with E-state index in [0.717, 1.165) is 61.2 Å². The van der Waals surface area contributed by atoms with Crippen LogP contribution in [-0.2, 0) is 16.6 Å². The Hall–Kier alpha value is -3.34. The number of aromatic nitrogens is 1. The van der Waals surface area contributed by atoms with Crippen molar-refractivity contribution in [1.29, 1.82) is 0 Å². The van der Waals surface area contributed by atoms with E-state index in [-0.39, 0.29) is 5.91 Å². The summed E-state index contributed by atoms with van der Waals surface area (Å²) < 4.78 is 11.0. The van der Waals surface area contributed by atoms with E-state index in [2.05, 4.69) is 16.4 Å². The first kappa shape index (κ1) is 23.8. The van der Waals surface area contributed by atoms with Gasteiger partial charge in [0.1, 0.15) is 11.5 Å². The molecule has 5 nitrogen and oxygen atoms in total. The van der Waals surface area contributed by atoms with E-state index in [1.165, 1.54) is 5.56 Å². The number of rotatable bonds is 12. The summed E-state index contributed by atoms with van der Waals surface area (Å²) in [5.74, 6) is 2.09. The number of pyridine rings is 1. The summed E-state index contributed by atoms with van der Waals surface area (Å²) in [5.41, 5.74) is 2.34. The first-order chi connectivity index (χ1) is 16.7. The number of carbonyl (C=O) groups is 1. The molecule has 1 amide bonds. The van der Waals surface area contributed by atoms with Crippen molar-refractivity contribution in [1.82, 2.24) is 10.3 Å². The Morgan fingerprint density at radius 2 is 1.65 bits per heavy atom. The molecule has 1 saturated carbocycles. The predicted octanol–water partition coefficient (Wildman–Crippen LogP) is 5.32. The van der Waals surface area contributed by atoms with Gasteiger partial charge in [0.05, 0.1) is 19.6 Å². The molecule has 1 aromatic heterocycles. The summed E-state index contributed by atoms with van der Waals surface area (Å²) in [5, 5.41) is 3.28. The Kier molecular flexibility index (Phi) is 7.84. The van der Waals surface area contributed by atoms with Crippen molar-refractivity contribution in [2.45, 2.75) is 43.9 Å². The molecule has 0 saturated heterocycles. The zero-order valence-electron chi connectivity index (χ0n) is 20.1. The summed E-state index contributed by atoms with van der Waals surface area (Å²) in [6.45, 7) is 0.638. The smallest absolute Gasteiger partial charge is 0.235 e. The summed E-state index contributed by atoms with van der Waals surface area (Å²) in [7, 11) is 3.32. The third-order valence-corrected chi connectivity index (χ3v) is 6.71. The standard InChI is InChI=1S/C29H34N2O3/c1-33-26-12-5-10-24(18-26)29(20-22-14-15-22,25-11-6-13-27(19-25)34-2)28(32)31-17-4-3-8-23-9-7-16-30-21-23/h5-7,9-13,16,18-19,21-22H,3-4,8,14-15,17,20H2,1-2H3,(H,31,32). The fourth-order valence-corrected chi connectivity index (χ4v) is 4.64. The van der Waals surface area contributed by atoms with Crippen molar-refractivity contribution in [2.75, 3.05) is 20.8 Å². The van der Waals surface area contributed by atoms with E-state index in [4.69, 9.17) is 9.47 Å². The number of ether oxygens (including phenoxy) is 2. The number of amides is 1. The van der Waals surface area contributed by atoms with Gasteiger partial charge in [-0.15, -0.1) is 0 Å². The van der Waals surface area contributed by atoms with Gasteiger partial charge in [-0.3, -0.25) is 9.78 Å². The quantitative estimate of drug-likeness (QED) is 0.373. The number of methoxy groups -OCH3 is 2. The number of unbranched alkanes of at least 4 members (excludes halogenated alkanes) is 1. The van der Waals surface area contributed by atoms with Crippen molar-refractivity contribution in [2.24, 2.45) is 5.92 Å². The Morgan fingerprint density at radius 1 is 0.971 bits per heavy atom. The van der Waals surface area contributed by atoms with Crippen molar-refractivity contribution < 1.29 is 14.3 Å². The summed E-state index contributed by atoms with van der Waals surface area (Å²) >= 11 is 0. The minimum Gasteiger partial charge on any atom is -0.497 e. The molecule has 0 aliphatic heterocycles. The maximum atomic E-state index is 14.1. The van der Waals surface area contributed by atoms with Gasteiger partial charge in [0, 0.05) is 18.9 Å². The summed E-state index contributed by atoms with van der Waals surface area (Å²) in [4.78, 5) is 18.2. The Labute approximate surface area is 202 Å². The number of carbonyl (C=O) groups excluding carboxylic acids is 1. The molecule has 0 spiro atoms. The monoisotopic (exact) mass is 458 g/mol. The number of aryl methyl sites for hydroxylation is 1. The molecule has 4 rings (SSSR count). The molecule has 3 aromatic rings. The molecule has 0 radical (unpaired) electrons. The highest BCUT2D eigenvalue weighted by Crippen LogP contribution is 2.47. The van der Waals surface area contributed by atoms with Gasteiger partial charge in [0.2, 0.25) is 5.91 Å². The molecule has 178 valence electrons. The Morgan fingerprint density at radius 3 is 2.21 bits per heavy atom. The van der Waals surface area contributed by atoms with Gasteiger partial charge >= 0.3 is 0 Å². The minimum absolute atomic E-state index is 0.0438. The lowest BCUT2D eigenvalue weighted by molar-refractivity contribution is -0.125. The molecule has 5 heteroatoms. The van der Waals surface area contributed by atoms with E-state index in [0.29, 0.717) is 12.5 Å². The lowest BCUT2D eigenvalue weighted by atomic mass is 9.69. The van der Waals surface area contributed by atoms with E-state index in [1.807, 2.05) is 60.8 Å². The second-order valence-corrected chi connectivity index (χ2v) is 9.09. The number of hydrogen-bond acceptors (Lipinski definition) is 4. The van der Waals surface area contributed by atoms with E-state index < -0.39 is 5.41 Å². The zero-order chi connectivity index (χ0) is 23.8. The lowest BCUT2D eigenvalue weighted by Gasteiger charge is -2.34. The molecule has 1 N–H and O–H groups in total. The summed E-state index contributed by atoms with van der Waals surface area (Å²) in [6, 6.07) is 19.9. The van der Waals surface area contributed by atoms with Gasteiger partial charge < -0.3 is 14.8 Å². The average molecular weight is 459 g/mol. The fourth-order valence-electron chi connectivity index (χ4n) is 4.64. The first-order valence-electron chi connectivity index (χ1n) is 12.1. The number of hydrogen-bond donors (Lipinski definition) is 1. The third-order valence-electron chi connectivity index (χ3n) is 6.71. The normalized spacial score (nSPS) is 13.4. The van der Waals surface area contributed by atoms with Crippen molar-refractivity contribution >= 4 is 5.91 Å². The van der Waals surface area contributed by atoms with Crippen LogP contribution in [0.5, 0.6) is 11.5 Å². The van der Waals surface area contributed by atoms with Crippen LogP contribution in [-0.4, -0.2) is 31.7 Å². The number of benzene rings is 2. The molecule has 2 aromatic carbocycles. The lowest BCUT2D eigenvalue weighted by Crippen LogP contribution is -2.46. The van der Waals surface area contributed by atoms with Gasteiger partial charge in [0.25, 0.3) is 0 Å². The highest BCUT2D eigenvalue weighted by atomic mass is 16.5. The van der Waals surface area contributed by atoms with Gasteiger partial charge in [-0.1, -0.05) is 43.2 Å². The average Bonchev–Trinajstić information content (AvgIpc) is 3.71. The third kappa shape index (κ3) is 5.58. The first-order valence-corrected chi connectivity index (χ1v) is 12.1. The maximum Gasteiger partial charge on any atom is 0.235 e. The van der Waals surface area contributed by atoms with E-state index in [9.17, 15) is 4.79 Å². The van der Waals surface area contributed by atoms with Crippen LogP contribution in [0.4, 0.5) is 0 Å². The molecule has 0 bridgehead atoms. The van der Waals surface area contributed by atoms with Crippen LogP contribution in [0.3, 0.4) is 0 Å². The molecule has 0 unspecified atom stereocenters. The highest BCUT2D eigenvalue weighted by Gasteiger charge is 2.46. The van der Waals surface area contributed by atoms with Crippen LogP contribution in [0, 0.1) is 5.92 Å². The predicted molar refractivity (Wildman–Crippen MR) is 134 cm³/mol. The van der Waals surface area contributed by atoms with Crippen LogP contribution >= 0.6 is 0 Å². The largest absolute Gasteiger partial charge is 0.497 e. The van der Waals surface area contributed by atoms with Crippen molar-refractivity contribution in [3.63, 3.8) is 0 Å². The van der Waals surface area contributed by atoms with Crippen molar-refractivity contribution in [3.8, 4) is 11.5 Å². The Bertz CT molecular complexity index is 1030. The van der Waals surface area contributed by atoms with Crippen LogP contribution < -0.4 is 14.8 Å². The van der Waals surface area contributed by atoms with Crippen LogP contribution in [0.15, 0.2) is 73.1 Å². The highest BCUT2D eigenvalue weighted by molar-refractivity contribution is 5.92. The van der Waals surface area contributed by atoms with Crippen LogP contribution in [0.25, 0.3) is 0 Å². The number of nitrogens with zero attached hydrogens (tertiary/aromatic N) is 1. The van der Waals surface area contributed by atoms with Gasteiger partial charge in [-0.2, -0.15) is 0 Å². The second-order valence-electron chi connectivity index (χ2n) is 9.09.